The van der Waals surface area contributed by atoms with Crippen molar-refractivity contribution in [2.75, 3.05) is 17.5 Å². The third-order valence-electron chi connectivity index (χ3n) is 5.45. The molecule has 7 nitrogen and oxygen atoms in total. The Morgan fingerprint density at radius 2 is 1.90 bits per heavy atom. The summed E-state index contributed by atoms with van der Waals surface area (Å²) in [5.74, 6) is 0. The molecule has 0 radical (unpaired) electrons. The molecule has 0 spiro atoms. The molecule has 0 saturated carbocycles. The molecule has 2 N–H and O–H groups in total. The quantitative estimate of drug-likeness (QED) is 0.572. The van der Waals surface area contributed by atoms with Crippen LogP contribution in [0.3, 0.4) is 0 Å². The number of sulfonamides is 1. The average Bonchev–Trinajstić information content (AvgIpc) is 3.36. The van der Waals surface area contributed by atoms with Crippen LogP contribution >= 0.6 is 11.3 Å². The van der Waals surface area contributed by atoms with E-state index in [0.29, 0.717) is 18.7 Å². The van der Waals surface area contributed by atoms with Crippen molar-refractivity contribution in [1.82, 2.24) is 9.88 Å². The number of amides is 1. The number of anilines is 1. The van der Waals surface area contributed by atoms with Crippen LogP contribution in [0.4, 0.5) is 10.5 Å². The monoisotopic (exact) mass is 457 g/mol. The summed E-state index contributed by atoms with van der Waals surface area (Å²) in [5, 5.41) is 12.6. The van der Waals surface area contributed by atoms with Gasteiger partial charge in [0.1, 0.15) is 10.5 Å². The van der Waals surface area contributed by atoms with Crippen molar-refractivity contribution in [1.29, 1.82) is 0 Å². The van der Waals surface area contributed by atoms with Gasteiger partial charge >= 0.3 is 6.09 Å². The highest BCUT2D eigenvalue weighted by molar-refractivity contribution is 7.92. The fourth-order valence-electron chi connectivity index (χ4n) is 4.12. The van der Waals surface area contributed by atoms with Crippen LogP contribution < -0.4 is 4.72 Å². The number of carbonyl (C=O) groups is 1. The number of hydrogen-bond donors (Lipinski definition) is 2. The summed E-state index contributed by atoms with van der Waals surface area (Å²) < 4.78 is 25.2. The van der Waals surface area contributed by atoms with Crippen LogP contribution in [0.1, 0.15) is 23.4 Å². The Morgan fingerprint density at radius 1 is 1.19 bits per heavy atom. The molecule has 1 fully saturated rings. The van der Waals surface area contributed by atoms with Gasteiger partial charge in [-0.15, -0.1) is 11.3 Å². The summed E-state index contributed by atoms with van der Waals surface area (Å²) in [6.07, 6.45) is 2.26. The number of likely N-dealkylation sites (tertiary alicyclic amines) is 1. The van der Waals surface area contributed by atoms with E-state index in [1.54, 1.807) is 24.3 Å². The second kappa shape index (κ2) is 8.32. The molecule has 1 saturated heterocycles. The highest BCUT2D eigenvalue weighted by Crippen LogP contribution is 2.44. The molecular weight excluding hydrogens is 434 g/mol. The maximum atomic E-state index is 12.1. The van der Waals surface area contributed by atoms with E-state index in [1.807, 2.05) is 35.7 Å². The zero-order chi connectivity index (χ0) is 22.1. The number of aromatic nitrogens is 1. The van der Waals surface area contributed by atoms with Crippen LogP contribution in [0.15, 0.2) is 60.0 Å². The lowest BCUT2D eigenvalue weighted by atomic mass is 9.88. The first-order valence-electron chi connectivity index (χ1n) is 9.86. The number of nitrogens with one attached hydrogen (secondary N) is 1. The Kier molecular flexibility index (Phi) is 5.72. The lowest BCUT2D eigenvalue weighted by Crippen LogP contribution is -2.46. The second-order valence-corrected chi connectivity index (χ2v) is 10.3. The lowest BCUT2D eigenvalue weighted by Gasteiger charge is -2.35. The molecule has 4 rings (SSSR count). The van der Waals surface area contributed by atoms with Crippen molar-refractivity contribution in [3.63, 3.8) is 0 Å². The molecule has 0 aliphatic carbocycles. The van der Waals surface area contributed by atoms with Crippen molar-refractivity contribution < 1.29 is 18.3 Å². The zero-order valence-corrected chi connectivity index (χ0v) is 18.6. The van der Waals surface area contributed by atoms with Gasteiger partial charge in [0.25, 0.3) is 0 Å². The standard InChI is InChI=1S/C22H23N3O4S2/c1-31(28,29)24-18-10-8-17(9-11-18)19-15-30-20(23-19)22(12-5-13-25(22)21(26)27)14-16-6-3-2-4-7-16/h2-4,6-11,15,24H,5,12-14H2,1H3,(H,26,27)/t22-/m1/s1. The molecular formula is C22H23N3O4S2. The predicted molar refractivity (Wildman–Crippen MR) is 122 cm³/mol. The third kappa shape index (κ3) is 4.57. The fourth-order valence-corrected chi connectivity index (χ4v) is 5.75. The van der Waals surface area contributed by atoms with E-state index in [-0.39, 0.29) is 0 Å². The van der Waals surface area contributed by atoms with Gasteiger partial charge in [0.05, 0.1) is 11.9 Å². The van der Waals surface area contributed by atoms with Gasteiger partial charge in [-0.3, -0.25) is 9.62 Å². The van der Waals surface area contributed by atoms with Crippen LogP contribution in [0.5, 0.6) is 0 Å². The van der Waals surface area contributed by atoms with E-state index in [1.165, 1.54) is 16.2 Å². The number of benzene rings is 2. The maximum Gasteiger partial charge on any atom is 0.408 e. The molecule has 9 heteroatoms. The van der Waals surface area contributed by atoms with E-state index < -0.39 is 21.7 Å². The average molecular weight is 458 g/mol. The SMILES string of the molecule is CS(=O)(=O)Nc1ccc(-c2csc([C@]3(Cc4ccccc4)CCCN3C(=O)O)n2)cc1. The molecule has 2 heterocycles. The Hall–Kier alpha value is -2.91. The van der Waals surface area contributed by atoms with E-state index in [2.05, 4.69) is 4.72 Å². The lowest BCUT2D eigenvalue weighted by molar-refractivity contribution is 0.100. The van der Waals surface area contributed by atoms with Gasteiger partial charge in [-0.05, 0) is 30.5 Å². The molecule has 0 bridgehead atoms. The summed E-state index contributed by atoms with van der Waals surface area (Å²) >= 11 is 1.47. The van der Waals surface area contributed by atoms with Gasteiger partial charge in [0, 0.05) is 29.6 Å². The molecule has 2 aromatic carbocycles. The minimum atomic E-state index is -3.34. The fraction of sp³-hybridized carbons (Fsp3) is 0.273. The number of carboxylic acid groups (broad SMARTS) is 1. The van der Waals surface area contributed by atoms with Crippen molar-refractivity contribution >= 4 is 33.1 Å². The molecule has 0 unspecified atom stereocenters. The highest BCUT2D eigenvalue weighted by Gasteiger charge is 2.47. The second-order valence-electron chi connectivity index (χ2n) is 7.72. The minimum Gasteiger partial charge on any atom is -0.465 e. The van der Waals surface area contributed by atoms with Crippen LogP contribution in [0, 0.1) is 0 Å². The molecule has 1 atom stereocenters. The Morgan fingerprint density at radius 3 is 2.55 bits per heavy atom. The van der Waals surface area contributed by atoms with E-state index in [4.69, 9.17) is 4.98 Å². The molecule has 1 aliphatic heterocycles. The van der Waals surface area contributed by atoms with Crippen molar-refractivity contribution in [2.24, 2.45) is 0 Å². The smallest absolute Gasteiger partial charge is 0.408 e. The van der Waals surface area contributed by atoms with Gasteiger partial charge in [-0.1, -0.05) is 42.5 Å². The largest absolute Gasteiger partial charge is 0.465 e. The van der Waals surface area contributed by atoms with Crippen molar-refractivity contribution in [3.05, 3.63) is 70.5 Å². The number of nitrogens with zero attached hydrogens (tertiary/aromatic N) is 2. The van der Waals surface area contributed by atoms with Crippen LogP contribution in [-0.2, 0) is 22.0 Å². The minimum absolute atomic E-state index is 0.482. The number of rotatable bonds is 6. The molecule has 162 valence electrons. The number of thiazole rings is 1. The Bertz CT molecular complexity index is 1180. The summed E-state index contributed by atoms with van der Waals surface area (Å²) in [6.45, 7) is 0.489. The van der Waals surface area contributed by atoms with E-state index in [9.17, 15) is 18.3 Å². The van der Waals surface area contributed by atoms with Crippen molar-refractivity contribution in [2.45, 2.75) is 24.8 Å². The summed E-state index contributed by atoms with van der Waals surface area (Å²) in [7, 11) is -3.34. The first kappa shape index (κ1) is 21.3. The van der Waals surface area contributed by atoms with Gasteiger partial charge in [-0.2, -0.15) is 0 Å². The highest BCUT2D eigenvalue weighted by atomic mass is 32.2. The van der Waals surface area contributed by atoms with Gasteiger partial charge in [-0.25, -0.2) is 18.2 Å². The van der Waals surface area contributed by atoms with Gasteiger partial charge < -0.3 is 5.11 Å². The van der Waals surface area contributed by atoms with E-state index in [0.717, 1.165) is 40.9 Å². The Labute approximate surface area is 185 Å². The Balaban J connectivity index is 1.67. The molecule has 1 aromatic heterocycles. The normalized spacial score (nSPS) is 18.8. The predicted octanol–water partition coefficient (Wildman–Crippen LogP) is 4.39. The van der Waals surface area contributed by atoms with Crippen LogP contribution in [-0.4, -0.2) is 42.3 Å². The van der Waals surface area contributed by atoms with Crippen LogP contribution in [0.2, 0.25) is 0 Å². The molecule has 1 amide bonds. The summed E-state index contributed by atoms with van der Waals surface area (Å²) in [4.78, 5) is 18.4. The molecule has 3 aromatic rings. The first-order chi connectivity index (χ1) is 14.8. The molecule has 1 aliphatic rings. The number of hydrogen-bond acceptors (Lipinski definition) is 5. The van der Waals surface area contributed by atoms with E-state index >= 15 is 0 Å². The van der Waals surface area contributed by atoms with Gasteiger partial charge in [0.15, 0.2) is 0 Å². The third-order valence-corrected chi connectivity index (χ3v) is 7.09. The molecule has 31 heavy (non-hydrogen) atoms. The van der Waals surface area contributed by atoms with Gasteiger partial charge in [0.2, 0.25) is 10.0 Å². The maximum absolute atomic E-state index is 12.1. The summed E-state index contributed by atoms with van der Waals surface area (Å²) in [6, 6.07) is 16.9. The van der Waals surface area contributed by atoms with Crippen molar-refractivity contribution in [3.8, 4) is 11.3 Å². The van der Waals surface area contributed by atoms with Crippen LogP contribution in [0.25, 0.3) is 11.3 Å². The zero-order valence-electron chi connectivity index (χ0n) is 17.0. The summed E-state index contributed by atoms with van der Waals surface area (Å²) in [5.41, 5.74) is 2.46. The first-order valence-corrected chi connectivity index (χ1v) is 12.6. The topological polar surface area (TPSA) is 99.6 Å².